The summed E-state index contributed by atoms with van der Waals surface area (Å²) in [7, 11) is -2.80. The van der Waals surface area contributed by atoms with Gasteiger partial charge in [-0.2, -0.15) is 0 Å². The Kier molecular flexibility index (Phi) is 4.34. The van der Waals surface area contributed by atoms with Crippen molar-refractivity contribution in [2.24, 2.45) is 0 Å². The average molecular weight is 274 g/mol. The van der Waals surface area contributed by atoms with Gasteiger partial charge < -0.3 is 10.2 Å². The fraction of sp³-hybridized carbons (Fsp3) is 1.00. The molecule has 2 aliphatic heterocycles. The minimum absolute atomic E-state index is 0.190. The molecular weight excluding hydrogens is 248 g/mol. The van der Waals surface area contributed by atoms with Gasteiger partial charge in [-0.25, -0.2) is 8.42 Å². The standard InChI is InChI=1S/C13H26N2O2S/c1-3-15-8-4-5-12(6-9-15)14-13(2)7-10-18(16,17)11-13/h12,14H,3-11H2,1-2H3. The topological polar surface area (TPSA) is 49.4 Å². The first-order valence-electron chi connectivity index (χ1n) is 7.13. The van der Waals surface area contributed by atoms with Crippen LogP contribution in [0.5, 0.6) is 0 Å². The largest absolute Gasteiger partial charge is 0.308 e. The van der Waals surface area contributed by atoms with E-state index in [1.807, 2.05) is 0 Å². The molecule has 0 aromatic carbocycles. The number of nitrogens with one attached hydrogen (secondary N) is 1. The minimum Gasteiger partial charge on any atom is -0.308 e. The van der Waals surface area contributed by atoms with E-state index >= 15 is 0 Å². The molecule has 2 aliphatic rings. The van der Waals surface area contributed by atoms with Crippen molar-refractivity contribution >= 4 is 9.84 Å². The molecule has 18 heavy (non-hydrogen) atoms. The van der Waals surface area contributed by atoms with Gasteiger partial charge >= 0.3 is 0 Å². The van der Waals surface area contributed by atoms with Gasteiger partial charge in [0.05, 0.1) is 11.5 Å². The summed E-state index contributed by atoms with van der Waals surface area (Å²) in [6.07, 6.45) is 4.30. The molecular formula is C13H26N2O2S. The minimum atomic E-state index is -2.80. The van der Waals surface area contributed by atoms with Gasteiger partial charge in [-0.1, -0.05) is 6.92 Å². The van der Waals surface area contributed by atoms with Crippen LogP contribution in [-0.2, 0) is 9.84 Å². The second kappa shape index (κ2) is 5.47. The molecule has 106 valence electrons. The van der Waals surface area contributed by atoms with Gasteiger partial charge in [-0.05, 0) is 52.2 Å². The van der Waals surface area contributed by atoms with Crippen LogP contribution in [0.15, 0.2) is 0 Å². The SMILES string of the molecule is CCN1CCCC(NC2(C)CCS(=O)(=O)C2)CC1. The summed E-state index contributed by atoms with van der Waals surface area (Å²) >= 11 is 0. The number of sulfone groups is 1. The summed E-state index contributed by atoms with van der Waals surface area (Å²) in [6.45, 7) is 7.72. The summed E-state index contributed by atoms with van der Waals surface area (Å²) in [6, 6.07) is 0.486. The Morgan fingerprint density at radius 2 is 2.11 bits per heavy atom. The maximum absolute atomic E-state index is 11.6. The lowest BCUT2D eigenvalue weighted by Crippen LogP contribution is -2.49. The van der Waals surface area contributed by atoms with E-state index < -0.39 is 9.84 Å². The van der Waals surface area contributed by atoms with E-state index in [-0.39, 0.29) is 5.54 Å². The zero-order valence-corrected chi connectivity index (χ0v) is 12.4. The second-order valence-corrected chi connectivity index (χ2v) is 8.29. The Morgan fingerprint density at radius 3 is 2.72 bits per heavy atom. The molecule has 2 heterocycles. The molecule has 2 saturated heterocycles. The molecule has 0 bridgehead atoms. The smallest absolute Gasteiger partial charge is 0.152 e. The van der Waals surface area contributed by atoms with Crippen molar-refractivity contribution in [3.05, 3.63) is 0 Å². The third-order valence-corrected chi connectivity index (χ3v) is 6.23. The normalized spacial score (nSPS) is 37.6. The van der Waals surface area contributed by atoms with Gasteiger partial charge in [0, 0.05) is 11.6 Å². The van der Waals surface area contributed by atoms with E-state index in [9.17, 15) is 8.42 Å². The number of hydrogen-bond acceptors (Lipinski definition) is 4. The van der Waals surface area contributed by atoms with Crippen LogP contribution in [0.4, 0.5) is 0 Å². The highest BCUT2D eigenvalue weighted by Gasteiger charge is 2.39. The molecule has 2 rings (SSSR count). The van der Waals surface area contributed by atoms with Crippen molar-refractivity contribution in [1.29, 1.82) is 0 Å². The van der Waals surface area contributed by atoms with Crippen LogP contribution in [-0.4, -0.2) is 56.0 Å². The predicted octanol–water partition coefficient (Wildman–Crippen LogP) is 1.03. The van der Waals surface area contributed by atoms with Crippen molar-refractivity contribution < 1.29 is 8.42 Å². The summed E-state index contributed by atoms with van der Waals surface area (Å²) in [4.78, 5) is 2.48. The molecule has 0 aliphatic carbocycles. The van der Waals surface area contributed by atoms with Crippen LogP contribution in [0.1, 0.15) is 39.5 Å². The van der Waals surface area contributed by atoms with Crippen LogP contribution in [0.3, 0.4) is 0 Å². The summed E-state index contributed by atoms with van der Waals surface area (Å²) in [5.41, 5.74) is -0.190. The predicted molar refractivity (Wildman–Crippen MR) is 74.6 cm³/mol. The lowest BCUT2D eigenvalue weighted by Gasteiger charge is -2.30. The maximum Gasteiger partial charge on any atom is 0.152 e. The molecule has 2 unspecified atom stereocenters. The third kappa shape index (κ3) is 3.68. The van der Waals surface area contributed by atoms with Crippen LogP contribution in [0, 0.1) is 0 Å². The van der Waals surface area contributed by atoms with Crippen molar-refractivity contribution in [3.8, 4) is 0 Å². The van der Waals surface area contributed by atoms with Gasteiger partial charge in [0.2, 0.25) is 0 Å². The Balaban J connectivity index is 1.90. The fourth-order valence-electron chi connectivity index (χ4n) is 3.23. The summed E-state index contributed by atoms with van der Waals surface area (Å²) in [5, 5.41) is 3.63. The monoisotopic (exact) mass is 274 g/mol. The Labute approximate surface area is 111 Å². The van der Waals surface area contributed by atoms with E-state index in [0.29, 0.717) is 17.5 Å². The Bertz CT molecular complexity index is 382. The maximum atomic E-state index is 11.6. The number of nitrogens with zero attached hydrogens (tertiary/aromatic N) is 1. The van der Waals surface area contributed by atoms with Crippen LogP contribution < -0.4 is 5.32 Å². The molecule has 5 heteroatoms. The lowest BCUT2D eigenvalue weighted by molar-refractivity contribution is 0.285. The molecule has 1 N–H and O–H groups in total. The van der Waals surface area contributed by atoms with Crippen LogP contribution in [0.25, 0.3) is 0 Å². The summed E-state index contributed by atoms with van der Waals surface area (Å²) in [5.74, 6) is 0.665. The highest BCUT2D eigenvalue weighted by atomic mass is 32.2. The highest BCUT2D eigenvalue weighted by molar-refractivity contribution is 7.91. The molecule has 0 amide bonds. The number of hydrogen-bond donors (Lipinski definition) is 1. The van der Waals surface area contributed by atoms with E-state index in [1.165, 1.54) is 19.4 Å². The molecule has 0 aromatic heterocycles. The first-order chi connectivity index (χ1) is 8.42. The van der Waals surface area contributed by atoms with Crippen LogP contribution >= 0.6 is 0 Å². The zero-order valence-electron chi connectivity index (χ0n) is 11.6. The van der Waals surface area contributed by atoms with Gasteiger partial charge in [-0.3, -0.25) is 0 Å². The first-order valence-corrected chi connectivity index (χ1v) is 8.95. The molecule has 0 aromatic rings. The fourth-order valence-corrected chi connectivity index (χ4v) is 5.34. The van der Waals surface area contributed by atoms with Crippen molar-refractivity contribution in [3.63, 3.8) is 0 Å². The van der Waals surface area contributed by atoms with E-state index in [4.69, 9.17) is 0 Å². The molecule has 0 radical (unpaired) electrons. The first kappa shape index (κ1) is 14.3. The van der Waals surface area contributed by atoms with Crippen molar-refractivity contribution in [2.45, 2.75) is 51.1 Å². The summed E-state index contributed by atoms with van der Waals surface area (Å²) < 4.78 is 23.2. The molecule has 0 saturated carbocycles. The van der Waals surface area contributed by atoms with Crippen molar-refractivity contribution in [2.75, 3.05) is 31.1 Å². The molecule has 0 spiro atoms. The van der Waals surface area contributed by atoms with E-state index in [0.717, 1.165) is 25.9 Å². The van der Waals surface area contributed by atoms with Gasteiger partial charge in [0.1, 0.15) is 0 Å². The van der Waals surface area contributed by atoms with Gasteiger partial charge in [0.25, 0.3) is 0 Å². The quantitative estimate of drug-likeness (QED) is 0.835. The second-order valence-electron chi connectivity index (χ2n) is 6.11. The molecule has 4 nitrogen and oxygen atoms in total. The Hall–Kier alpha value is -0.130. The van der Waals surface area contributed by atoms with E-state index in [1.54, 1.807) is 0 Å². The number of likely N-dealkylation sites (tertiary alicyclic amines) is 1. The zero-order chi connectivity index (χ0) is 13.2. The van der Waals surface area contributed by atoms with Crippen molar-refractivity contribution in [1.82, 2.24) is 10.2 Å². The van der Waals surface area contributed by atoms with Gasteiger partial charge in [-0.15, -0.1) is 0 Å². The van der Waals surface area contributed by atoms with Crippen LogP contribution in [0.2, 0.25) is 0 Å². The lowest BCUT2D eigenvalue weighted by atomic mass is 9.98. The van der Waals surface area contributed by atoms with Gasteiger partial charge in [0.15, 0.2) is 9.84 Å². The molecule has 2 fully saturated rings. The average Bonchev–Trinajstić information content (AvgIpc) is 2.49. The van der Waals surface area contributed by atoms with E-state index in [2.05, 4.69) is 24.1 Å². The Morgan fingerprint density at radius 1 is 1.33 bits per heavy atom. The molecule has 2 atom stereocenters. The highest BCUT2D eigenvalue weighted by Crippen LogP contribution is 2.25. The number of rotatable bonds is 3. The third-order valence-electron chi connectivity index (χ3n) is 4.32.